The van der Waals surface area contributed by atoms with E-state index in [9.17, 15) is 4.79 Å². The Balaban J connectivity index is 2.69. The summed E-state index contributed by atoms with van der Waals surface area (Å²) in [5, 5.41) is 0. The highest BCUT2D eigenvalue weighted by Crippen LogP contribution is 2.05. The number of esters is 1. The van der Waals surface area contributed by atoms with Gasteiger partial charge in [0.1, 0.15) is 6.04 Å². The molecule has 2 N–H and O–H groups in total. The summed E-state index contributed by atoms with van der Waals surface area (Å²) in [6, 6.07) is 3.16. The molecule has 1 heterocycles. The third-order valence-corrected chi connectivity index (χ3v) is 2.04. The fourth-order valence-electron chi connectivity index (χ4n) is 1.18. The van der Waals surface area contributed by atoms with Gasteiger partial charge < -0.3 is 10.5 Å². The minimum absolute atomic E-state index is 0.407. The molecule has 1 rings (SSSR count). The van der Waals surface area contributed by atoms with Crippen molar-refractivity contribution >= 4 is 5.97 Å². The molecule has 0 fully saturated rings. The van der Waals surface area contributed by atoms with Crippen molar-refractivity contribution in [3.8, 4) is 0 Å². The van der Waals surface area contributed by atoms with E-state index in [1.807, 2.05) is 19.1 Å². The number of nitrogens with zero attached hydrogens (tertiary/aromatic N) is 1. The maximum absolute atomic E-state index is 11.1. The minimum Gasteiger partial charge on any atom is -0.468 e. The summed E-state index contributed by atoms with van der Waals surface area (Å²) in [7, 11) is 1.33. The van der Waals surface area contributed by atoms with E-state index < -0.39 is 12.0 Å². The number of nitrogens with two attached hydrogens (primary N) is 1. The quantitative estimate of drug-likeness (QED) is 0.709. The van der Waals surface area contributed by atoms with Crippen LogP contribution < -0.4 is 5.73 Å². The van der Waals surface area contributed by atoms with Crippen molar-refractivity contribution in [2.45, 2.75) is 19.4 Å². The highest BCUT2D eigenvalue weighted by molar-refractivity contribution is 5.75. The topological polar surface area (TPSA) is 65.2 Å². The van der Waals surface area contributed by atoms with Crippen molar-refractivity contribution in [1.29, 1.82) is 0 Å². The summed E-state index contributed by atoms with van der Waals surface area (Å²) in [5.41, 5.74) is 7.49. The van der Waals surface area contributed by atoms with Gasteiger partial charge in [0, 0.05) is 18.3 Å². The van der Waals surface area contributed by atoms with Crippen LogP contribution in [0, 0.1) is 6.92 Å². The van der Waals surface area contributed by atoms with Gasteiger partial charge in [-0.25, -0.2) is 0 Å². The van der Waals surface area contributed by atoms with E-state index in [-0.39, 0.29) is 0 Å². The second-order valence-corrected chi connectivity index (χ2v) is 3.10. The monoisotopic (exact) mass is 194 g/mol. The lowest BCUT2D eigenvalue weighted by molar-refractivity contribution is -0.142. The van der Waals surface area contributed by atoms with Crippen LogP contribution >= 0.6 is 0 Å². The Morgan fingerprint density at radius 3 is 3.00 bits per heavy atom. The van der Waals surface area contributed by atoms with E-state index in [1.54, 1.807) is 6.20 Å². The zero-order valence-corrected chi connectivity index (χ0v) is 8.36. The number of carbonyl (C=O) groups is 1. The average molecular weight is 194 g/mol. The zero-order chi connectivity index (χ0) is 10.6. The van der Waals surface area contributed by atoms with E-state index in [0.717, 1.165) is 11.3 Å². The molecule has 4 heteroatoms. The Bertz CT molecular complexity index is 326. The number of aromatic nitrogens is 1. The van der Waals surface area contributed by atoms with Crippen molar-refractivity contribution in [3.63, 3.8) is 0 Å². The van der Waals surface area contributed by atoms with Crippen molar-refractivity contribution in [2.24, 2.45) is 5.73 Å². The summed E-state index contributed by atoms with van der Waals surface area (Å²) in [6.45, 7) is 1.94. The van der Waals surface area contributed by atoms with Crippen molar-refractivity contribution in [1.82, 2.24) is 4.98 Å². The molecule has 0 aliphatic rings. The minimum atomic E-state index is -0.631. The number of pyridine rings is 1. The van der Waals surface area contributed by atoms with Gasteiger partial charge in [-0.3, -0.25) is 9.78 Å². The largest absolute Gasteiger partial charge is 0.468 e. The molecular weight excluding hydrogens is 180 g/mol. The summed E-state index contributed by atoms with van der Waals surface area (Å²) in [6.07, 6.45) is 2.10. The second kappa shape index (κ2) is 4.72. The molecular formula is C10H14N2O2. The lowest BCUT2D eigenvalue weighted by Crippen LogP contribution is -2.34. The first kappa shape index (κ1) is 10.7. The smallest absolute Gasteiger partial charge is 0.323 e. The number of hydrogen-bond donors (Lipinski definition) is 1. The highest BCUT2D eigenvalue weighted by Gasteiger charge is 2.15. The van der Waals surface area contributed by atoms with Gasteiger partial charge in [-0.05, 0) is 18.6 Å². The Morgan fingerprint density at radius 2 is 2.43 bits per heavy atom. The van der Waals surface area contributed by atoms with Crippen LogP contribution in [0.15, 0.2) is 18.3 Å². The number of rotatable bonds is 3. The van der Waals surface area contributed by atoms with Crippen LogP contribution in [0.2, 0.25) is 0 Å². The lowest BCUT2D eigenvalue weighted by atomic mass is 10.1. The first-order valence-corrected chi connectivity index (χ1v) is 4.39. The molecule has 0 aliphatic heterocycles. The van der Waals surface area contributed by atoms with Crippen LogP contribution in [0.25, 0.3) is 0 Å². The highest BCUT2D eigenvalue weighted by atomic mass is 16.5. The molecule has 0 radical (unpaired) electrons. The molecule has 0 bridgehead atoms. The molecule has 0 saturated heterocycles. The van der Waals surface area contributed by atoms with Gasteiger partial charge in [-0.1, -0.05) is 6.07 Å². The molecule has 4 nitrogen and oxygen atoms in total. The molecule has 1 aromatic rings. The molecule has 0 spiro atoms. The van der Waals surface area contributed by atoms with Gasteiger partial charge in [0.05, 0.1) is 7.11 Å². The zero-order valence-electron chi connectivity index (χ0n) is 8.36. The van der Waals surface area contributed by atoms with E-state index in [2.05, 4.69) is 9.72 Å². The van der Waals surface area contributed by atoms with Crippen LogP contribution in [0.1, 0.15) is 11.3 Å². The van der Waals surface area contributed by atoms with Crippen molar-refractivity contribution in [2.75, 3.05) is 7.11 Å². The molecule has 0 aromatic carbocycles. The predicted octanol–water partition coefficient (Wildman–Crippen LogP) is 0.433. The van der Waals surface area contributed by atoms with Crippen LogP contribution in [-0.4, -0.2) is 24.1 Å². The summed E-state index contributed by atoms with van der Waals surface area (Å²) in [5.74, 6) is -0.407. The lowest BCUT2D eigenvalue weighted by Gasteiger charge is -2.09. The fourth-order valence-corrected chi connectivity index (χ4v) is 1.18. The molecule has 76 valence electrons. The molecule has 0 saturated carbocycles. The second-order valence-electron chi connectivity index (χ2n) is 3.10. The molecule has 1 aromatic heterocycles. The normalized spacial score (nSPS) is 12.2. The van der Waals surface area contributed by atoms with E-state index >= 15 is 0 Å². The van der Waals surface area contributed by atoms with Gasteiger partial charge in [0.15, 0.2) is 0 Å². The molecule has 0 unspecified atom stereocenters. The Morgan fingerprint density at radius 1 is 1.71 bits per heavy atom. The molecule has 1 atom stereocenters. The van der Waals surface area contributed by atoms with E-state index in [4.69, 9.17) is 5.73 Å². The van der Waals surface area contributed by atoms with Gasteiger partial charge >= 0.3 is 5.97 Å². The van der Waals surface area contributed by atoms with Crippen molar-refractivity contribution in [3.05, 3.63) is 29.6 Å². The maximum Gasteiger partial charge on any atom is 0.323 e. The fraction of sp³-hybridized carbons (Fsp3) is 0.400. The summed E-state index contributed by atoms with van der Waals surface area (Å²) >= 11 is 0. The number of hydrogen-bond acceptors (Lipinski definition) is 4. The number of methoxy groups -OCH3 is 1. The van der Waals surface area contributed by atoms with Gasteiger partial charge in [0.2, 0.25) is 0 Å². The number of aryl methyl sites for hydroxylation is 1. The third-order valence-electron chi connectivity index (χ3n) is 2.04. The molecule has 14 heavy (non-hydrogen) atoms. The van der Waals surface area contributed by atoms with Crippen LogP contribution in [0.4, 0.5) is 0 Å². The van der Waals surface area contributed by atoms with Crippen LogP contribution in [-0.2, 0) is 16.0 Å². The Labute approximate surface area is 83.1 Å². The number of carbonyl (C=O) groups excluding carboxylic acids is 1. The predicted molar refractivity (Wildman–Crippen MR) is 52.7 cm³/mol. The maximum atomic E-state index is 11.1. The summed E-state index contributed by atoms with van der Waals surface area (Å²) < 4.78 is 4.53. The van der Waals surface area contributed by atoms with Gasteiger partial charge in [0.25, 0.3) is 0 Å². The SMILES string of the molecule is COC(=O)[C@H](N)Cc1ncccc1C. The first-order valence-electron chi connectivity index (χ1n) is 4.39. The van der Waals surface area contributed by atoms with Gasteiger partial charge in [-0.15, -0.1) is 0 Å². The first-order chi connectivity index (χ1) is 6.65. The van der Waals surface area contributed by atoms with Gasteiger partial charge in [-0.2, -0.15) is 0 Å². The summed E-state index contributed by atoms with van der Waals surface area (Å²) in [4.78, 5) is 15.2. The van der Waals surface area contributed by atoms with Crippen LogP contribution in [0.5, 0.6) is 0 Å². The average Bonchev–Trinajstić information content (AvgIpc) is 2.20. The van der Waals surface area contributed by atoms with Crippen LogP contribution in [0.3, 0.4) is 0 Å². The van der Waals surface area contributed by atoms with Crippen molar-refractivity contribution < 1.29 is 9.53 Å². The standard InChI is InChI=1S/C10H14N2O2/c1-7-4-3-5-12-9(7)6-8(11)10(13)14-2/h3-5,8H,6,11H2,1-2H3/t8-/m1/s1. The third kappa shape index (κ3) is 2.53. The molecule has 0 aliphatic carbocycles. The Hall–Kier alpha value is -1.42. The Kier molecular flexibility index (Phi) is 3.59. The van der Waals surface area contributed by atoms with E-state index in [1.165, 1.54) is 7.11 Å². The van der Waals surface area contributed by atoms with E-state index in [0.29, 0.717) is 6.42 Å². The number of ether oxygens (including phenoxy) is 1. The molecule has 0 amide bonds.